The number of hydrogen-bond donors (Lipinski definition) is 3. The SMILES string of the molecule is CCOC(=O)c1cnn2ccc(N3CCCC3/C(N)=C/N(N)CC[C@@H](C)N)nc12. The van der Waals surface area contributed by atoms with Crippen LogP contribution < -0.4 is 22.2 Å². The second-order valence-corrected chi connectivity index (χ2v) is 7.32. The third-order valence-corrected chi connectivity index (χ3v) is 4.94. The molecule has 0 bridgehead atoms. The highest BCUT2D eigenvalue weighted by molar-refractivity contribution is 5.95. The Hall–Kier alpha value is -2.85. The largest absolute Gasteiger partial charge is 0.462 e. The van der Waals surface area contributed by atoms with Gasteiger partial charge in [-0.15, -0.1) is 0 Å². The number of carbonyl (C=O) groups is 1. The van der Waals surface area contributed by atoms with Gasteiger partial charge in [0.05, 0.1) is 18.8 Å². The molecule has 2 aromatic rings. The van der Waals surface area contributed by atoms with Crippen LogP contribution in [0.3, 0.4) is 0 Å². The smallest absolute Gasteiger partial charge is 0.343 e. The van der Waals surface area contributed by atoms with Crippen molar-refractivity contribution in [3.63, 3.8) is 0 Å². The van der Waals surface area contributed by atoms with Gasteiger partial charge in [-0.3, -0.25) is 0 Å². The van der Waals surface area contributed by atoms with Gasteiger partial charge in [0.2, 0.25) is 0 Å². The van der Waals surface area contributed by atoms with Crippen LogP contribution in [0.25, 0.3) is 5.65 Å². The number of nitrogens with zero attached hydrogens (tertiary/aromatic N) is 5. The predicted octanol–water partition coefficient (Wildman–Crippen LogP) is 0.588. The lowest BCUT2D eigenvalue weighted by Gasteiger charge is -2.27. The van der Waals surface area contributed by atoms with Gasteiger partial charge in [0, 0.05) is 37.2 Å². The molecule has 29 heavy (non-hydrogen) atoms. The number of nitrogens with two attached hydrogens (primary N) is 3. The highest BCUT2D eigenvalue weighted by Gasteiger charge is 2.29. The fourth-order valence-electron chi connectivity index (χ4n) is 3.45. The monoisotopic (exact) mass is 402 g/mol. The molecule has 1 aliphatic heterocycles. The summed E-state index contributed by atoms with van der Waals surface area (Å²) in [5.41, 5.74) is 13.6. The number of aromatic nitrogens is 3. The summed E-state index contributed by atoms with van der Waals surface area (Å²) in [6, 6.07) is 1.94. The van der Waals surface area contributed by atoms with Crippen molar-refractivity contribution in [3.05, 3.63) is 35.9 Å². The van der Waals surface area contributed by atoms with Crippen molar-refractivity contribution in [1.82, 2.24) is 19.6 Å². The van der Waals surface area contributed by atoms with Gasteiger partial charge in [0.25, 0.3) is 0 Å². The molecule has 6 N–H and O–H groups in total. The normalized spacial score (nSPS) is 18.3. The molecule has 3 rings (SSSR count). The second-order valence-electron chi connectivity index (χ2n) is 7.32. The fourth-order valence-corrected chi connectivity index (χ4v) is 3.45. The number of anilines is 1. The molecular weight excluding hydrogens is 372 g/mol. The summed E-state index contributed by atoms with van der Waals surface area (Å²) < 4.78 is 6.66. The van der Waals surface area contributed by atoms with Gasteiger partial charge in [-0.05, 0) is 39.2 Å². The Balaban J connectivity index is 1.82. The van der Waals surface area contributed by atoms with E-state index < -0.39 is 5.97 Å². The van der Waals surface area contributed by atoms with Crippen LogP contribution >= 0.6 is 0 Å². The van der Waals surface area contributed by atoms with Gasteiger partial charge in [-0.2, -0.15) is 5.10 Å². The number of ether oxygens (including phenoxy) is 1. The first-order valence-corrected chi connectivity index (χ1v) is 9.93. The van der Waals surface area contributed by atoms with E-state index in [1.54, 1.807) is 28.8 Å². The van der Waals surface area contributed by atoms with Crippen LogP contribution in [0.2, 0.25) is 0 Å². The molecule has 2 atom stereocenters. The van der Waals surface area contributed by atoms with Crippen LogP contribution in [0.4, 0.5) is 5.82 Å². The lowest BCUT2D eigenvalue weighted by molar-refractivity contribution is 0.0528. The first-order chi connectivity index (χ1) is 13.9. The Morgan fingerprint density at radius 1 is 1.52 bits per heavy atom. The number of carbonyl (C=O) groups excluding carboxylic acids is 1. The summed E-state index contributed by atoms with van der Waals surface area (Å²) >= 11 is 0. The average molecular weight is 403 g/mol. The Bertz CT molecular complexity index is 878. The molecule has 0 saturated carbocycles. The predicted molar refractivity (Wildman–Crippen MR) is 111 cm³/mol. The molecule has 158 valence electrons. The molecule has 1 unspecified atom stereocenters. The summed E-state index contributed by atoms with van der Waals surface area (Å²) in [5.74, 6) is 6.35. The van der Waals surface area contributed by atoms with E-state index in [1.165, 1.54) is 6.20 Å². The van der Waals surface area contributed by atoms with Gasteiger partial charge < -0.3 is 26.1 Å². The zero-order valence-electron chi connectivity index (χ0n) is 17.0. The maximum Gasteiger partial charge on any atom is 0.343 e. The lowest BCUT2D eigenvalue weighted by atomic mass is 10.1. The standard InChI is InChI=1S/C19H30N8O2/c1-3-29-19(28)14-11-23-27-10-7-17(24-18(14)27)26-8-4-5-16(26)15(21)12-25(22)9-6-13(2)20/h7,10-13,16H,3-6,8-9,20-22H2,1-2H3/b15-12-/t13-,16?/m1/s1. The minimum atomic E-state index is -0.433. The van der Waals surface area contributed by atoms with E-state index in [4.69, 9.17) is 22.0 Å². The average Bonchev–Trinajstić information content (AvgIpc) is 3.33. The third-order valence-electron chi connectivity index (χ3n) is 4.94. The van der Waals surface area contributed by atoms with Crippen LogP contribution in [-0.4, -0.2) is 57.4 Å². The van der Waals surface area contributed by atoms with Crippen LogP contribution in [0, 0.1) is 0 Å². The number of fused-ring (bicyclic) bond motifs is 1. The van der Waals surface area contributed by atoms with Crippen LogP contribution in [0.15, 0.2) is 30.4 Å². The molecule has 0 radical (unpaired) electrons. The molecule has 0 spiro atoms. The van der Waals surface area contributed by atoms with Gasteiger partial charge in [0.15, 0.2) is 5.65 Å². The summed E-state index contributed by atoms with van der Waals surface area (Å²) in [4.78, 5) is 19.0. The van der Waals surface area contributed by atoms with Gasteiger partial charge in [-0.25, -0.2) is 20.1 Å². The van der Waals surface area contributed by atoms with Gasteiger partial charge in [-0.1, -0.05) is 0 Å². The Labute approximate surface area is 170 Å². The van der Waals surface area contributed by atoms with Crippen molar-refractivity contribution in [3.8, 4) is 0 Å². The maximum atomic E-state index is 12.2. The zero-order valence-corrected chi connectivity index (χ0v) is 17.0. The molecule has 0 aliphatic carbocycles. The summed E-state index contributed by atoms with van der Waals surface area (Å²) in [7, 11) is 0. The van der Waals surface area contributed by atoms with E-state index in [9.17, 15) is 4.79 Å². The fraction of sp³-hybridized carbons (Fsp3) is 0.526. The van der Waals surface area contributed by atoms with E-state index in [0.717, 1.165) is 31.6 Å². The molecule has 2 aromatic heterocycles. The van der Waals surface area contributed by atoms with E-state index in [2.05, 4.69) is 15.0 Å². The van der Waals surface area contributed by atoms with Gasteiger partial charge in [0.1, 0.15) is 11.4 Å². The molecule has 0 aromatic carbocycles. The zero-order chi connectivity index (χ0) is 21.0. The third kappa shape index (κ3) is 4.77. The van der Waals surface area contributed by atoms with Gasteiger partial charge >= 0.3 is 5.97 Å². The van der Waals surface area contributed by atoms with Crippen LogP contribution in [-0.2, 0) is 4.74 Å². The molecule has 10 nitrogen and oxygen atoms in total. The van der Waals surface area contributed by atoms with Crippen molar-refractivity contribution in [1.29, 1.82) is 0 Å². The number of hydrazine groups is 1. The highest BCUT2D eigenvalue weighted by atomic mass is 16.5. The molecular formula is C19H30N8O2. The highest BCUT2D eigenvalue weighted by Crippen LogP contribution is 2.27. The molecule has 1 fully saturated rings. The van der Waals surface area contributed by atoms with Crippen molar-refractivity contribution in [2.75, 3.05) is 24.6 Å². The van der Waals surface area contributed by atoms with Crippen LogP contribution in [0.1, 0.15) is 43.5 Å². The van der Waals surface area contributed by atoms with Crippen molar-refractivity contribution in [2.24, 2.45) is 17.3 Å². The Morgan fingerprint density at radius 3 is 3.03 bits per heavy atom. The van der Waals surface area contributed by atoms with E-state index >= 15 is 0 Å². The Morgan fingerprint density at radius 2 is 2.31 bits per heavy atom. The lowest BCUT2D eigenvalue weighted by Crippen LogP contribution is -2.37. The van der Waals surface area contributed by atoms with Crippen molar-refractivity contribution in [2.45, 2.75) is 45.2 Å². The quantitative estimate of drug-likeness (QED) is 0.328. The molecule has 3 heterocycles. The summed E-state index contributed by atoms with van der Waals surface area (Å²) in [6.07, 6.45) is 7.70. The minimum Gasteiger partial charge on any atom is -0.462 e. The van der Waals surface area contributed by atoms with E-state index in [1.807, 2.05) is 13.0 Å². The maximum absolute atomic E-state index is 12.2. The molecule has 10 heteroatoms. The first-order valence-electron chi connectivity index (χ1n) is 9.93. The molecule has 1 saturated heterocycles. The molecule has 1 aliphatic rings. The minimum absolute atomic E-state index is 0.0136. The van der Waals surface area contributed by atoms with E-state index in [0.29, 0.717) is 30.1 Å². The number of rotatable bonds is 8. The van der Waals surface area contributed by atoms with Crippen molar-refractivity contribution < 1.29 is 9.53 Å². The van der Waals surface area contributed by atoms with Crippen molar-refractivity contribution >= 4 is 17.4 Å². The summed E-state index contributed by atoms with van der Waals surface area (Å²) in [6.45, 7) is 5.46. The summed E-state index contributed by atoms with van der Waals surface area (Å²) in [5, 5.41) is 5.77. The topological polar surface area (TPSA) is 141 Å². The number of esters is 1. The number of hydrogen-bond acceptors (Lipinski definition) is 9. The second kappa shape index (κ2) is 9.10. The first kappa shape index (κ1) is 20.9. The Kier molecular flexibility index (Phi) is 6.55. The molecule has 0 amide bonds. The van der Waals surface area contributed by atoms with Crippen LogP contribution in [0.5, 0.6) is 0 Å². The van der Waals surface area contributed by atoms with E-state index in [-0.39, 0.29) is 12.1 Å².